The third kappa shape index (κ3) is 3.28. The van der Waals surface area contributed by atoms with E-state index in [0.717, 1.165) is 18.4 Å². The minimum atomic E-state index is -3.73. The number of hydrogen-bond donors (Lipinski definition) is 2. The minimum Gasteiger partial charge on any atom is -0.355 e. The first-order chi connectivity index (χ1) is 10.8. The Balaban J connectivity index is 2.43. The van der Waals surface area contributed by atoms with Crippen LogP contribution in [0.2, 0.25) is 0 Å². The Morgan fingerprint density at radius 1 is 1.26 bits per heavy atom. The van der Waals surface area contributed by atoms with Gasteiger partial charge in [-0.3, -0.25) is 4.79 Å². The number of carbonyl (C=O) groups is 1. The van der Waals surface area contributed by atoms with Gasteiger partial charge in [-0.15, -0.1) is 0 Å². The van der Waals surface area contributed by atoms with Crippen molar-refractivity contribution in [3.63, 3.8) is 0 Å². The zero-order valence-electron chi connectivity index (χ0n) is 13.9. The number of benzene rings is 1. The molecule has 0 atom stereocenters. The van der Waals surface area contributed by atoms with E-state index in [1.54, 1.807) is 19.1 Å². The quantitative estimate of drug-likeness (QED) is 0.775. The summed E-state index contributed by atoms with van der Waals surface area (Å²) in [5, 5.41) is 2.78. The molecule has 2 rings (SSSR count). The van der Waals surface area contributed by atoms with Crippen LogP contribution in [0.1, 0.15) is 43.2 Å². The summed E-state index contributed by atoms with van der Waals surface area (Å²) >= 11 is 0. The van der Waals surface area contributed by atoms with Gasteiger partial charge in [0.25, 0.3) is 0 Å². The average molecular weight is 338 g/mol. The highest BCUT2D eigenvalue weighted by atomic mass is 32.2. The Kier molecular flexibility index (Phi) is 5.47. The molecular formula is C17H26N2O3S. The van der Waals surface area contributed by atoms with E-state index in [2.05, 4.69) is 5.32 Å². The van der Waals surface area contributed by atoms with Gasteiger partial charge < -0.3 is 11.1 Å². The summed E-state index contributed by atoms with van der Waals surface area (Å²) < 4.78 is 25.3. The molecule has 1 saturated carbocycles. The lowest BCUT2D eigenvalue weighted by Gasteiger charge is -2.28. The lowest BCUT2D eigenvalue weighted by atomic mass is 10.1. The van der Waals surface area contributed by atoms with Crippen molar-refractivity contribution in [3.05, 3.63) is 29.3 Å². The van der Waals surface area contributed by atoms with E-state index in [9.17, 15) is 13.2 Å². The zero-order valence-corrected chi connectivity index (χ0v) is 14.7. The molecule has 0 aromatic heterocycles. The van der Waals surface area contributed by atoms with E-state index >= 15 is 0 Å². The van der Waals surface area contributed by atoms with Crippen LogP contribution in [0, 0.1) is 13.8 Å². The van der Waals surface area contributed by atoms with E-state index in [0.29, 0.717) is 37.9 Å². The molecule has 3 N–H and O–H groups in total. The summed E-state index contributed by atoms with van der Waals surface area (Å²) in [5.74, 6) is -0.371. The molecule has 0 unspecified atom stereocenters. The highest BCUT2D eigenvalue weighted by molar-refractivity contribution is 7.93. The molecule has 5 nitrogen and oxygen atoms in total. The second-order valence-electron chi connectivity index (χ2n) is 6.37. The predicted octanol–water partition coefficient (Wildman–Crippen LogP) is 1.85. The Morgan fingerprint density at radius 3 is 2.52 bits per heavy atom. The lowest BCUT2D eigenvalue weighted by molar-refractivity contribution is -0.123. The Labute approximate surface area is 138 Å². The summed E-state index contributed by atoms with van der Waals surface area (Å²) in [6.45, 7) is 4.53. The summed E-state index contributed by atoms with van der Waals surface area (Å²) in [6, 6.07) is 5.37. The van der Waals surface area contributed by atoms with E-state index in [1.165, 1.54) is 0 Å². The van der Waals surface area contributed by atoms with Crippen molar-refractivity contribution in [2.24, 2.45) is 5.73 Å². The van der Waals surface area contributed by atoms with Crippen molar-refractivity contribution in [1.29, 1.82) is 0 Å². The molecule has 1 aliphatic carbocycles. The van der Waals surface area contributed by atoms with Crippen LogP contribution in [0.15, 0.2) is 23.1 Å². The van der Waals surface area contributed by atoms with E-state index in [1.807, 2.05) is 13.0 Å². The van der Waals surface area contributed by atoms with Crippen LogP contribution in [0.5, 0.6) is 0 Å². The molecule has 0 aliphatic heterocycles. The molecule has 6 heteroatoms. The largest absolute Gasteiger partial charge is 0.355 e. The van der Waals surface area contributed by atoms with E-state index in [-0.39, 0.29) is 10.8 Å². The Morgan fingerprint density at radius 2 is 1.91 bits per heavy atom. The molecule has 1 aliphatic rings. The third-order valence-electron chi connectivity index (χ3n) is 4.64. The van der Waals surface area contributed by atoms with Crippen molar-refractivity contribution >= 4 is 15.7 Å². The van der Waals surface area contributed by atoms with Gasteiger partial charge in [0.15, 0.2) is 14.6 Å². The first kappa shape index (κ1) is 17.9. The van der Waals surface area contributed by atoms with Crippen molar-refractivity contribution < 1.29 is 13.2 Å². The van der Waals surface area contributed by atoms with Gasteiger partial charge in [-0.2, -0.15) is 0 Å². The van der Waals surface area contributed by atoms with Gasteiger partial charge in [0.2, 0.25) is 5.91 Å². The molecule has 0 radical (unpaired) electrons. The number of aryl methyl sites for hydroxylation is 2. The summed E-state index contributed by atoms with van der Waals surface area (Å²) in [6.07, 6.45) is 2.93. The normalized spacial score (nSPS) is 17.2. The van der Waals surface area contributed by atoms with Crippen LogP contribution in [-0.2, 0) is 14.6 Å². The molecule has 1 amide bonds. The highest BCUT2D eigenvalue weighted by Gasteiger charge is 2.53. The summed E-state index contributed by atoms with van der Waals surface area (Å²) in [4.78, 5) is 13.0. The van der Waals surface area contributed by atoms with Crippen LogP contribution in [-0.4, -0.2) is 32.2 Å². The van der Waals surface area contributed by atoms with Crippen molar-refractivity contribution in [1.82, 2.24) is 5.32 Å². The molecule has 128 valence electrons. The average Bonchev–Trinajstić information content (AvgIpc) is 3.01. The van der Waals surface area contributed by atoms with Gasteiger partial charge >= 0.3 is 0 Å². The van der Waals surface area contributed by atoms with Gasteiger partial charge in [-0.1, -0.05) is 25.0 Å². The fourth-order valence-corrected chi connectivity index (χ4v) is 5.63. The number of sulfone groups is 1. The van der Waals surface area contributed by atoms with E-state index in [4.69, 9.17) is 5.73 Å². The standard InChI is InChI=1S/C17H26N2O3S/c1-13-6-7-14(2)15(12-13)23(21,22)17(8-3-4-9-17)16(20)19-11-5-10-18/h6-7,12H,3-5,8-11,18H2,1-2H3,(H,19,20). The second-order valence-corrected chi connectivity index (χ2v) is 8.60. The molecule has 1 fully saturated rings. The number of hydrogen-bond acceptors (Lipinski definition) is 4. The van der Waals surface area contributed by atoms with Crippen molar-refractivity contribution in [2.75, 3.05) is 13.1 Å². The van der Waals surface area contributed by atoms with Crippen LogP contribution in [0.3, 0.4) is 0 Å². The molecule has 23 heavy (non-hydrogen) atoms. The van der Waals surface area contributed by atoms with Gasteiger partial charge in [0, 0.05) is 6.54 Å². The Hall–Kier alpha value is -1.40. The van der Waals surface area contributed by atoms with Gasteiger partial charge in [0.05, 0.1) is 4.90 Å². The molecule has 0 saturated heterocycles. The predicted molar refractivity (Wildman–Crippen MR) is 91.0 cm³/mol. The van der Waals surface area contributed by atoms with Gasteiger partial charge in [-0.05, 0) is 56.8 Å². The molecule has 1 aromatic carbocycles. The smallest absolute Gasteiger partial charge is 0.241 e. The number of nitrogens with two attached hydrogens (primary N) is 1. The number of carbonyl (C=O) groups excluding carboxylic acids is 1. The first-order valence-electron chi connectivity index (χ1n) is 8.15. The fourth-order valence-electron chi connectivity index (χ4n) is 3.24. The third-order valence-corrected chi connectivity index (χ3v) is 7.28. The number of amides is 1. The fraction of sp³-hybridized carbons (Fsp3) is 0.588. The SMILES string of the molecule is Cc1ccc(C)c(S(=O)(=O)C2(C(=O)NCCCN)CCCC2)c1. The second kappa shape index (κ2) is 7.01. The number of nitrogens with one attached hydrogen (secondary N) is 1. The molecule has 0 heterocycles. The highest BCUT2D eigenvalue weighted by Crippen LogP contribution is 2.41. The van der Waals surface area contributed by atoms with E-state index < -0.39 is 14.6 Å². The number of rotatable bonds is 6. The van der Waals surface area contributed by atoms with Gasteiger partial charge in [-0.25, -0.2) is 8.42 Å². The molecule has 0 spiro atoms. The molecule has 0 bridgehead atoms. The minimum absolute atomic E-state index is 0.286. The molecular weight excluding hydrogens is 312 g/mol. The van der Waals surface area contributed by atoms with Crippen LogP contribution in [0.4, 0.5) is 0 Å². The topological polar surface area (TPSA) is 89.3 Å². The maximum atomic E-state index is 13.3. The summed E-state index contributed by atoms with van der Waals surface area (Å²) in [7, 11) is -3.73. The Bertz CT molecular complexity index is 677. The van der Waals surface area contributed by atoms with Crippen molar-refractivity contribution in [2.45, 2.75) is 55.6 Å². The van der Waals surface area contributed by atoms with Crippen molar-refractivity contribution in [3.8, 4) is 0 Å². The maximum Gasteiger partial charge on any atom is 0.241 e. The summed E-state index contributed by atoms with van der Waals surface area (Å²) in [5.41, 5.74) is 7.02. The zero-order chi connectivity index (χ0) is 17.1. The lowest BCUT2D eigenvalue weighted by Crippen LogP contribution is -2.51. The monoisotopic (exact) mass is 338 g/mol. The van der Waals surface area contributed by atoms with Gasteiger partial charge in [0.1, 0.15) is 0 Å². The van der Waals surface area contributed by atoms with Crippen LogP contribution >= 0.6 is 0 Å². The van der Waals surface area contributed by atoms with Crippen LogP contribution < -0.4 is 11.1 Å². The maximum absolute atomic E-state index is 13.3. The first-order valence-corrected chi connectivity index (χ1v) is 9.64. The van der Waals surface area contributed by atoms with Crippen LogP contribution in [0.25, 0.3) is 0 Å². The molecule has 1 aromatic rings.